The average molecular weight is 280 g/mol. The molecule has 1 saturated heterocycles. The second-order valence-corrected chi connectivity index (χ2v) is 5.61. The zero-order valence-corrected chi connectivity index (χ0v) is 11.4. The lowest BCUT2D eigenvalue weighted by molar-refractivity contribution is 0.196. The van der Waals surface area contributed by atoms with Crippen LogP contribution in [0.2, 0.25) is 0 Å². The van der Waals surface area contributed by atoms with E-state index in [1.165, 1.54) is 6.07 Å². The van der Waals surface area contributed by atoms with Gasteiger partial charge >= 0.3 is 0 Å². The number of nitrogen functional groups attached to an aromatic ring is 1. The number of nitrogens with zero attached hydrogens (tertiary/aromatic N) is 3. The first kappa shape index (κ1) is 13.3. The first-order valence-corrected chi connectivity index (χ1v) is 6.84. The summed E-state index contributed by atoms with van der Waals surface area (Å²) < 4.78 is 28.8. The zero-order valence-electron chi connectivity index (χ0n) is 11.4. The fraction of sp³-hybridized carbons (Fsp3) is 0.500. The number of likely N-dealkylation sites (tertiary alicyclic amines) is 1. The smallest absolute Gasteiger partial charge is 0.201 e. The number of halogens is 2. The Labute approximate surface area is 116 Å². The minimum atomic E-state index is -0.661. The molecule has 2 heterocycles. The summed E-state index contributed by atoms with van der Waals surface area (Å²) in [5.41, 5.74) is 6.46. The van der Waals surface area contributed by atoms with Gasteiger partial charge in [0.2, 0.25) is 5.95 Å². The van der Waals surface area contributed by atoms with Crippen molar-refractivity contribution in [2.24, 2.45) is 5.92 Å². The third-order valence-electron chi connectivity index (χ3n) is 3.96. The standard InChI is InChI=1S/C14H18F2N4/c1-19-4-2-3-9(7-19)8-20-12-6-10(15)5-11(16)13(12)18-14(20)17/h5-6,9H,2-4,7-8H2,1H3,(H2,17,18). The molecule has 3 rings (SSSR count). The molecule has 1 aromatic heterocycles. The molecule has 1 atom stereocenters. The summed E-state index contributed by atoms with van der Waals surface area (Å²) in [6.45, 7) is 2.71. The molecule has 1 aliphatic rings. The van der Waals surface area contributed by atoms with Crippen LogP contribution in [0.4, 0.5) is 14.7 Å². The molecule has 0 radical (unpaired) electrons. The van der Waals surface area contributed by atoms with Crippen LogP contribution in [0.3, 0.4) is 0 Å². The van der Waals surface area contributed by atoms with E-state index in [9.17, 15) is 8.78 Å². The maximum atomic E-state index is 13.7. The lowest BCUT2D eigenvalue weighted by atomic mass is 9.98. The summed E-state index contributed by atoms with van der Waals surface area (Å²) in [6, 6.07) is 2.14. The number of hydrogen-bond acceptors (Lipinski definition) is 3. The van der Waals surface area contributed by atoms with E-state index in [4.69, 9.17) is 5.73 Å². The number of piperidine rings is 1. The first-order valence-electron chi connectivity index (χ1n) is 6.84. The van der Waals surface area contributed by atoms with Gasteiger partial charge in [-0.05, 0) is 32.4 Å². The van der Waals surface area contributed by atoms with Gasteiger partial charge in [-0.1, -0.05) is 0 Å². The summed E-state index contributed by atoms with van der Waals surface area (Å²) in [5.74, 6) is -0.583. The normalized spacial score (nSPS) is 20.6. The topological polar surface area (TPSA) is 47.1 Å². The Morgan fingerprint density at radius 1 is 1.40 bits per heavy atom. The molecule has 2 N–H and O–H groups in total. The molecule has 0 aliphatic carbocycles. The van der Waals surface area contributed by atoms with Crippen LogP contribution in [0, 0.1) is 17.6 Å². The van der Waals surface area contributed by atoms with Crippen LogP contribution in [0.5, 0.6) is 0 Å². The monoisotopic (exact) mass is 280 g/mol. The number of nitrogens with two attached hydrogens (primary N) is 1. The minimum absolute atomic E-state index is 0.146. The van der Waals surface area contributed by atoms with Crippen molar-refractivity contribution in [1.29, 1.82) is 0 Å². The summed E-state index contributed by atoms with van der Waals surface area (Å²) in [7, 11) is 2.08. The van der Waals surface area contributed by atoms with Crippen LogP contribution in [0.25, 0.3) is 11.0 Å². The van der Waals surface area contributed by atoms with Gasteiger partial charge in [-0.25, -0.2) is 13.8 Å². The molecular formula is C14H18F2N4. The van der Waals surface area contributed by atoms with Crippen LogP contribution < -0.4 is 5.73 Å². The zero-order chi connectivity index (χ0) is 14.3. The van der Waals surface area contributed by atoms with Gasteiger partial charge in [-0.2, -0.15) is 0 Å². The predicted octanol–water partition coefficient (Wildman–Crippen LogP) is 2.24. The quantitative estimate of drug-likeness (QED) is 0.917. The third-order valence-corrected chi connectivity index (χ3v) is 3.96. The maximum absolute atomic E-state index is 13.7. The van der Waals surface area contributed by atoms with Gasteiger partial charge in [-0.3, -0.25) is 0 Å². The van der Waals surface area contributed by atoms with Crippen molar-refractivity contribution in [3.8, 4) is 0 Å². The molecule has 0 spiro atoms. The highest BCUT2D eigenvalue weighted by Gasteiger charge is 2.21. The number of fused-ring (bicyclic) bond motifs is 1. The second kappa shape index (κ2) is 5.01. The van der Waals surface area contributed by atoms with Gasteiger partial charge in [0.15, 0.2) is 5.82 Å². The molecule has 1 aliphatic heterocycles. The Hall–Kier alpha value is -1.69. The van der Waals surface area contributed by atoms with Crippen molar-refractivity contribution in [2.45, 2.75) is 19.4 Å². The van der Waals surface area contributed by atoms with Gasteiger partial charge in [0.05, 0.1) is 5.52 Å². The minimum Gasteiger partial charge on any atom is -0.369 e. The van der Waals surface area contributed by atoms with Crippen molar-refractivity contribution in [3.05, 3.63) is 23.8 Å². The van der Waals surface area contributed by atoms with Crippen molar-refractivity contribution >= 4 is 17.0 Å². The SMILES string of the molecule is CN1CCCC(Cn2c(N)nc3c(F)cc(F)cc32)C1. The van der Waals surface area contributed by atoms with Crippen LogP contribution in [0.15, 0.2) is 12.1 Å². The molecule has 4 nitrogen and oxygen atoms in total. The maximum Gasteiger partial charge on any atom is 0.201 e. The molecule has 0 saturated carbocycles. The van der Waals surface area contributed by atoms with Crippen molar-refractivity contribution in [1.82, 2.24) is 14.5 Å². The largest absolute Gasteiger partial charge is 0.369 e. The Balaban J connectivity index is 1.96. The Morgan fingerprint density at radius 3 is 2.95 bits per heavy atom. The van der Waals surface area contributed by atoms with Crippen LogP contribution in [-0.4, -0.2) is 34.6 Å². The van der Waals surface area contributed by atoms with Crippen molar-refractivity contribution < 1.29 is 8.78 Å². The fourth-order valence-electron chi connectivity index (χ4n) is 3.04. The van der Waals surface area contributed by atoms with E-state index in [1.54, 1.807) is 4.57 Å². The average Bonchev–Trinajstić information content (AvgIpc) is 2.68. The number of aromatic nitrogens is 2. The Bertz CT molecular complexity index is 638. The highest BCUT2D eigenvalue weighted by atomic mass is 19.1. The van der Waals surface area contributed by atoms with E-state index in [0.717, 1.165) is 32.0 Å². The van der Waals surface area contributed by atoms with E-state index in [-0.39, 0.29) is 11.5 Å². The van der Waals surface area contributed by atoms with Gasteiger partial charge in [0.1, 0.15) is 11.3 Å². The summed E-state index contributed by atoms with van der Waals surface area (Å²) >= 11 is 0. The van der Waals surface area contributed by atoms with E-state index >= 15 is 0 Å². The van der Waals surface area contributed by atoms with E-state index in [2.05, 4.69) is 16.9 Å². The van der Waals surface area contributed by atoms with Gasteiger partial charge in [0, 0.05) is 25.2 Å². The first-order chi connectivity index (χ1) is 9.54. The summed E-state index contributed by atoms with van der Waals surface area (Å²) in [6.07, 6.45) is 2.23. The van der Waals surface area contributed by atoms with Gasteiger partial charge in [0.25, 0.3) is 0 Å². The molecule has 1 fully saturated rings. The lowest BCUT2D eigenvalue weighted by Crippen LogP contribution is -2.34. The molecule has 0 bridgehead atoms. The second-order valence-electron chi connectivity index (χ2n) is 5.61. The third kappa shape index (κ3) is 2.35. The number of imidazole rings is 1. The van der Waals surface area contributed by atoms with Crippen LogP contribution in [0.1, 0.15) is 12.8 Å². The van der Waals surface area contributed by atoms with Crippen molar-refractivity contribution in [2.75, 3.05) is 25.9 Å². The molecule has 108 valence electrons. The highest BCUT2D eigenvalue weighted by molar-refractivity contribution is 5.79. The Morgan fingerprint density at radius 2 is 2.20 bits per heavy atom. The van der Waals surface area contributed by atoms with E-state index < -0.39 is 11.6 Å². The lowest BCUT2D eigenvalue weighted by Gasteiger charge is -2.30. The number of rotatable bonds is 2. The molecule has 1 unspecified atom stereocenters. The molecule has 1 aromatic carbocycles. The number of hydrogen-bond donors (Lipinski definition) is 1. The Kier molecular flexibility index (Phi) is 3.33. The number of benzene rings is 1. The fourth-order valence-corrected chi connectivity index (χ4v) is 3.04. The van der Waals surface area contributed by atoms with Crippen LogP contribution >= 0.6 is 0 Å². The molecule has 2 aromatic rings. The summed E-state index contributed by atoms with van der Waals surface area (Å²) in [5, 5.41) is 0. The van der Waals surface area contributed by atoms with Crippen molar-refractivity contribution in [3.63, 3.8) is 0 Å². The number of anilines is 1. The molecule has 6 heteroatoms. The predicted molar refractivity (Wildman–Crippen MR) is 74.3 cm³/mol. The van der Waals surface area contributed by atoms with Gasteiger partial charge in [-0.15, -0.1) is 0 Å². The van der Waals surface area contributed by atoms with Crippen LogP contribution in [-0.2, 0) is 6.54 Å². The van der Waals surface area contributed by atoms with Gasteiger partial charge < -0.3 is 15.2 Å². The van der Waals surface area contributed by atoms with E-state index in [1.807, 2.05) is 0 Å². The highest BCUT2D eigenvalue weighted by Crippen LogP contribution is 2.25. The molecular weight excluding hydrogens is 262 g/mol. The molecule has 20 heavy (non-hydrogen) atoms. The molecule has 0 amide bonds. The summed E-state index contributed by atoms with van der Waals surface area (Å²) in [4.78, 5) is 6.29. The van der Waals surface area contributed by atoms with E-state index in [0.29, 0.717) is 18.0 Å².